The third kappa shape index (κ3) is 4.34. The van der Waals surface area contributed by atoms with Crippen LogP contribution in [0.1, 0.15) is 75.3 Å². The van der Waals surface area contributed by atoms with Crippen molar-refractivity contribution in [2.24, 2.45) is 0 Å². The maximum absolute atomic E-state index is 3.53. The Hall–Kier alpha value is -0.820. The number of hydrogen-bond donors (Lipinski definition) is 1. The molecule has 1 aliphatic rings. The molecule has 0 saturated carbocycles. The average Bonchev–Trinajstić information content (AvgIpc) is 2.46. The molecule has 1 aromatic rings. The first-order valence-corrected chi connectivity index (χ1v) is 8.60. The van der Waals surface area contributed by atoms with Crippen LogP contribution in [0.4, 0.5) is 0 Å². The van der Waals surface area contributed by atoms with Crippen LogP contribution < -0.4 is 5.32 Å². The van der Waals surface area contributed by atoms with Gasteiger partial charge in [-0.3, -0.25) is 0 Å². The molecule has 112 valence electrons. The molecule has 1 heteroatoms. The van der Waals surface area contributed by atoms with E-state index in [4.69, 9.17) is 0 Å². The minimum absolute atomic E-state index is 0.708. The minimum atomic E-state index is 0.708. The summed E-state index contributed by atoms with van der Waals surface area (Å²) in [5.41, 5.74) is 3.18. The largest absolute Gasteiger partial charge is 0.317 e. The van der Waals surface area contributed by atoms with Gasteiger partial charge >= 0.3 is 0 Å². The summed E-state index contributed by atoms with van der Waals surface area (Å²) in [6.07, 6.45) is 12.4. The highest BCUT2D eigenvalue weighted by atomic mass is 14.9. The molecule has 0 spiro atoms. The van der Waals surface area contributed by atoms with E-state index in [2.05, 4.69) is 43.6 Å². The van der Waals surface area contributed by atoms with E-state index in [1.165, 1.54) is 57.8 Å². The summed E-state index contributed by atoms with van der Waals surface area (Å²) in [5.74, 6) is 0.809. The van der Waals surface area contributed by atoms with Gasteiger partial charge in [0.05, 0.1) is 0 Å². The van der Waals surface area contributed by atoms with E-state index in [0.717, 1.165) is 5.92 Å². The molecule has 0 aliphatic heterocycles. The van der Waals surface area contributed by atoms with Gasteiger partial charge in [0.1, 0.15) is 0 Å². The van der Waals surface area contributed by atoms with Crippen LogP contribution >= 0.6 is 0 Å². The molecule has 0 fully saturated rings. The molecule has 2 atom stereocenters. The van der Waals surface area contributed by atoms with E-state index in [1.807, 2.05) is 0 Å². The Bertz CT molecular complexity index is 385. The van der Waals surface area contributed by atoms with Crippen molar-refractivity contribution in [3.63, 3.8) is 0 Å². The van der Waals surface area contributed by atoms with Crippen LogP contribution in [-0.2, 0) is 6.42 Å². The molecule has 2 rings (SSSR count). The van der Waals surface area contributed by atoms with Gasteiger partial charge in [-0.05, 0) is 43.4 Å². The van der Waals surface area contributed by atoms with Crippen LogP contribution in [0.2, 0.25) is 0 Å². The Labute approximate surface area is 125 Å². The zero-order valence-electron chi connectivity index (χ0n) is 13.3. The lowest BCUT2D eigenvalue weighted by atomic mass is 9.74. The topological polar surface area (TPSA) is 12.0 Å². The summed E-state index contributed by atoms with van der Waals surface area (Å²) in [6, 6.07) is 9.67. The molecule has 2 unspecified atom stereocenters. The van der Waals surface area contributed by atoms with Crippen molar-refractivity contribution in [1.82, 2.24) is 5.32 Å². The summed E-state index contributed by atoms with van der Waals surface area (Å²) in [4.78, 5) is 0. The molecule has 0 radical (unpaired) electrons. The molecule has 1 aromatic carbocycles. The lowest BCUT2D eigenvalue weighted by Crippen LogP contribution is -2.30. The second kappa shape index (κ2) is 8.46. The summed E-state index contributed by atoms with van der Waals surface area (Å²) >= 11 is 0. The molecular formula is C19H31N. The fourth-order valence-corrected chi connectivity index (χ4v) is 3.47. The SMILES string of the molecule is CCCCCCCCC(CC1Cc2ccccc21)NC. The molecule has 1 N–H and O–H groups in total. The molecular weight excluding hydrogens is 242 g/mol. The van der Waals surface area contributed by atoms with Crippen molar-refractivity contribution in [1.29, 1.82) is 0 Å². The molecule has 0 aromatic heterocycles. The number of fused-ring (bicyclic) bond motifs is 1. The third-order valence-electron chi connectivity index (χ3n) is 4.84. The van der Waals surface area contributed by atoms with Gasteiger partial charge in [0.15, 0.2) is 0 Å². The highest BCUT2D eigenvalue weighted by Crippen LogP contribution is 2.38. The molecule has 0 amide bonds. The second-order valence-corrected chi connectivity index (χ2v) is 6.38. The highest BCUT2D eigenvalue weighted by molar-refractivity contribution is 5.39. The maximum Gasteiger partial charge on any atom is 0.00700 e. The quantitative estimate of drug-likeness (QED) is 0.588. The number of benzene rings is 1. The van der Waals surface area contributed by atoms with Crippen molar-refractivity contribution >= 4 is 0 Å². The molecule has 20 heavy (non-hydrogen) atoms. The summed E-state index contributed by atoms with van der Waals surface area (Å²) in [6.45, 7) is 2.29. The van der Waals surface area contributed by atoms with Gasteiger partial charge in [-0.1, -0.05) is 69.7 Å². The predicted octanol–water partition coefficient (Wildman–Crippen LogP) is 5.06. The molecule has 0 bridgehead atoms. The summed E-state index contributed by atoms with van der Waals surface area (Å²) < 4.78 is 0. The van der Waals surface area contributed by atoms with Crippen molar-refractivity contribution < 1.29 is 0 Å². The minimum Gasteiger partial charge on any atom is -0.317 e. The van der Waals surface area contributed by atoms with Gasteiger partial charge in [0.25, 0.3) is 0 Å². The Morgan fingerprint density at radius 2 is 1.85 bits per heavy atom. The van der Waals surface area contributed by atoms with Crippen LogP contribution in [0.3, 0.4) is 0 Å². The number of hydrogen-bond acceptors (Lipinski definition) is 1. The molecule has 0 heterocycles. The van der Waals surface area contributed by atoms with Crippen LogP contribution in [-0.4, -0.2) is 13.1 Å². The van der Waals surface area contributed by atoms with Crippen molar-refractivity contribution in [2.45, 2.75) is 76.7 Å². The molecule has 1 nitrogen and oxygen atoms in total. The second-order valence-electron chi connectivity index (χ2n) is 6.38. The van der Waals surface area contributed by atoms with E-state index < -0.39 is 0 Å². The number of rotatable bonds is 10. The van der Waals surface area contributed by atoms with Gasteiger partial charge < -0.3 is 5.32 Å². The summed E-state index contributed by atoms with van der Waals surface area (Å²) in [7, 11) is 2.13. The summed E-state index contributed by atoms with van der Waals surface area (Å²) in [5, 5.41) is 3.53. The zero-order chi connectivity index (χ0) is 14.2. The van der Waals surface area contributed by atoms with Crippen molar-refractivity contribution in [2.75, 3.05) is 7.05 Å². The van der Waals surface area contributed by atoms with E-state index in [1.54, 1.807) is 11.1 Å². The lowest BCUT2D eigenvalue weighted by Gasteiger charge is -2.33. The first-order valence-electron chi connectivity index (χ1n) is 8.60. The standard InChI is InChI=1S/C19H31N/c1-3-4-5-6-7-8-12-18(20-2)15-17-14-16-11-9-10-13-19(16)17/h9-11,13,17-18,20H,3-8,12,14-15H2,1-2H3. The van der Waals surface area contributed by atoms with Gasteiger partial charge in [0, 0.05) is 6.04 Å². The van der Waals surface area contributed by atoms with Gasteiger partial charge in [0.2, 0.25) is 0 Å². The van der Waals surface area contributed by atoms with E-state index >= 15 is 0 Å². The predicted molar refractivity (Wildman–Crippen MR) is 88.3 cm³/mol. The Morgan fingerprint density at radius 1 is 1.10 bits per heavy atom. The average molecular weight is 273 g/mol. The normalized spacial score (nSPS) is 18.4. The van der Waals surface area contributed by atoms with Crippen LogP contribution in [0, 0.1) is 0 Å². The lowest BCUT2D eigenvalue weighted by molar-refractivity contribution is 0.405. The Kier molecular flexibility index (Phi) is 6.59. The van der Waals surface area contributed by atoms with E-state index in [9.17, 15) is 0 Å². The maximum atomic E-state index is 3.53. The van der Waals surface area contributed by atoms with Crippen LogP contribution in [0.15, 0.2) is 24.3 Å². The van der Waals surface area contributed by atoms with Crippen molar-refractivity contribution in [3.8, 4) is 0 Å². The first kappa shape index (κ1) is 15.6. The smallest absolute Gasteiger partial charge is 0.00700 e. The monoisotopic (exact) mass is 273 g/mol. The molecule has 0 saturated heterocycles. The Balaban J connectivity index is 1.64. The van der Waals surface area contributed by atoms with E-state index in [-0.39, 0.29) is 0 Å². The first-order chi connectivity index (χ1) is 9.85. The third-order valence-corrected chi connectivity index (χ3v) is 4.84. The Morgan fingerprint density at radius 3 is 2.60 bits per heavy atom. The van der Waals surface area contributed by atoms with Gasteiger partial charge in [-0.2, -0.15) is 0 Å². The van der Waals surface area contributed by atoms with Crippen LogP contribution in [0.5, 0.6) is 0 Å². The fourth-order valence-electron chi connectivity index (χ4n) is 3.47. The van der Waals surface area contributed by atoms with Crippen molar-refractivity contribution in [3.05, 3.63) is 35.4 Å². The zero-order valence-corrected chi connectivity index (χ0v) is 13.3. The van der Waals surface area contributed by atoms with Gasteiger partial charge in [-0.15, -0.1) is 0 Å². The highest BCUT2D eigenvalue weighted by Gasteiger charge is 2.27. The fraction of sp³-hybridized carbons (Fsp3) is 0.684. The number of unbranched alkanes of at least 4 members (excludes halogenated alkanes) is 5. The number of nitrogens with one attached hydrogen (secondary N) is 1. The molecule has 1 aliphatic carbocycles. The van der Waals surface area contributed by atoms with Crippen LogP contribution in [0.25, 0.3) is 0 Å². The van der Waals surface area contributed by atoms with Gasteiger partial charge in [-0.25, -0.2) is 0 Å². The van der Waals surface area contributed by atoms with E-state index in [0.29, 0.717) is 6.04 Å².